The van der Waals surface area contributed by atoms with Crippen LogP contribution in [0, 0.1) is 29.6 Å². The van der Waals surface area contributed by atoms with Gasteiger partial charge in [0.2, 0.25) is 5.95 Å². The number of alkyl halides is 2. The average molecular weight is 559 g/mol. The number of benzene rings is 1. The zero-order valence-electron chi connectivity index (χ0n) is 21.6. The smallest absolute Gasteiger partial charge is 0.367 e. The maximum absolute atomic E-state index is 14.1. The van der Waals surface area contributed by atoms with E-state index in [1.807, 2.05) is 20.8 Å². The Morgan fingerprint density at radius 1 is 1.23 bits per heavy atom. The predicted molar refractivity (Wildman–Crippen MR) is 141 cm³/mol. The van der Waals surface area contributed by atoms with E-state index in [2.05, 4.69) is 37.0 Å². The molecule has 1 aromatic carbocycles. The van der Waals surface area contributed by atoms with Crippen LogP contribution in [0.25, 0.3) is 10.9 Å². The lowest BCUT2D eigenvalue weighted by Crippen LogP contribution is -2.27. The van der Waals surface area contributed by atoms with E-state index in [9.17, 15) is 18.4 Å². The molecule has 13 heteroatoms. The number of nitriles is 1. The number of anilines is 2. The third-order valence-electron chi connectivity index (χ3n) is 5.89. The van der Waals surface area contributed by atoms with Gasteiger partial charge in [0, 0.05) is 35.1 Å². The van der Waals surface area contributed by atoms with Gasteiger partial charge in [-0.05, 0) is 30.5 Å². The van der Waals surface area contributed by atoms with Crippen LogP contribution in [0.5, 0.6) is 0 Å². The Balaban J connectivity index is 1.85. The summed E-state index contributed by atoms with van der Waals surface area (Å²) in [4.78, 5) is 8.20. The lowest BCUT2D eigenvalue weighted by atomic mass is 9.96. The summed E-state index contributed by atoms with van der Waals surface area (Å²) in [7, 11) is 0. The van der Waals surface area contributed by atoms with E-state index in [4.69, 9.17) is 16.7 Å². The number of hydrogen-bond donors (Lipinski definition) is 3. The number of halogens is 4. The van der Waals surface area contributed by atoms with Crippen molar-refractivity contribution in [2.45, 2.75) is 39.8 Å². The molecule has 0 saturated carbocycles. The lowest BCUT2D eigenvalue weighted by molar-refractivity contribution is -0.131. The van der Waals surface area contributed by atoms with Crippen LogP contribution in [0.4, 0.5) is 24.5 Å². The molecule has 0 radical (unpaired) electrons. The number of nitrogens with one attached hydrogen (secondary N) is 2. The minimum absolute atomic E-state index is 0.0610. The molecule has 3 N–H and O–H groups in total. The van der Waals surface area contributed by atoms with Crippen LogP contribution in [0.15, 0.2) is 36.7 Å². The Bertz CT molecular complexity index is 1560. The van der Waals surface area contributed by atoms with Crippen LogP contribution in [-0.4, -0.2) is 43.2 Å². The molecule has 0 saturated heterocycles. The second kappa shape index (κ2) is 10.7. The van der Waals surface area contributed by atoms with Gasteiger partial charge in [0.05, 0.1) is 34.0 Å². The number of aliphatic hydroxyl groups is 1. The number of rotatable bonds is 8. The van der Waals surface area contributed by atoms with E-state index < -0.39 is 24.6 Å². The van der Waals surface area contributed by atoms with Gasteiger partial charge in [-0.2, -0.15) is 23.1 Å². The number of aryl methyl sites for hydroxylation is 1. The van der Waals surface area contributed by atoms with Gasteiger partial charge in [-0.3, -0.25) is 4.98 Å². The Labute approximate surface area is 227 Å². The van der Waals surface area contributed by atoms with Gasteiger partial charge in [-0.15, -0.1) is 5.10 Å². The van der Waals surface area contributed by atoms with E-state index in [1.165, 1.54) is 12.3 Å². The standard InChI is InChI=1S/C26H26ClF3N8O/c1-14-17(5-6-21(28)34-14)24(20-11-38(37-36-20)26(29,30)13-39)35-16-7-18-22(33-12-25(2,3)4)15(9-31)10-32-23(18)19(27)8-16/h5-8,10-11,24,35,39H,12-13H2,1-4H3,(H,32,33). The number of aliphatic hydroxyl groups excluding tert-OH is 1. The van der Waals surface area contributed by atoms with Crippen molar-refractivity contribution in [3.63, 3.8) is 0 Å². The van der Waals surface area contributed by atoms with Crippen molar-refractivity contribution in [2.75, 3.05) is 23.8 Å². The summed E-state index contributed by atoms with van der Waals surface area (Å²) in [5, 5.41) is 33.5. The van der Waals surface area contributed by atoms with Crippen molar-refractivity contribution in [3.05, 3.63) is 70.1 Å². The minimum atomic E-state index is -3.68. The van der Waals surface area contributed by atoms with E-state index in [0.717, 1.165) is 12.3 Å². The number of pyridine rings is 2. The van der Waals surface area contributed by atoms with Crippen molar-refractivity contribution in [3.8, 4) is 6.07 Å². The normalized spacial score (nSPS) is 12.8. The first kappa shape index (κ1) is 28.1. The van der Waals surface area contributed by atoms with Crippen molar-refractivity contribution < 1.29 is 18.3 Å². The van der Waals surface area contributed by atoms with Gasteiger partial charge in [0.1, 0.15) is 18.4 Å². The molecule has 0 amide bonds. The molecule has 1 atom stereocenters. The number of fused-ring (bicyclic) bond motifs is 1. The molecule has 3 heterocycles. The molecule has 39 heavy (non-hydrogen) atoms. The first-order valence-electron chi connectivity index (χ1n) is 11.9. The van der Waals surface area contributed by atoms with E-state index >= 15 is 0 Å². The fraction of sp³-hybridized carbons (Fsp3) is 0.346. The molecule has 1 unspecified atom stereocenters. The Morgan fingerprint density at radius 2 is 1.97 bits per heavy atom. The van der Waals surface area contributed by atoms with Gasteiger partial charge in [-0.25, -0.2) is 4.98 Å². The van der Waals surface area contributed by atoms with Crippen molar-refractivity contribution in [2.24, 2.45) is 5.41 Å². The molecule has 0 aliphatic carbocycles. The third kappa shape index (κ3) is 6.05. The molecule has 4 rings (SSSR count). The highest BCUT2D eigenvalue weighted by molar-refractivity contribution is 6.35. The Hall–Kier alpha value is -3.95. The van der Waals surface area contributed by atoms with E-state index in [-0.39, 0.29) is 20.8 Å². The third-order valence-corrected chi connectivity index (χ3v) is 6.18. The van der Waals surface area contributed by atoms with Crippen molar-refractivity contribution >= 4 is 33.9 Å². The average Bonchev–Trinajstić information content (AvgIpc) is 3.37. The highest BCUT2D eigenvalue weighted by atomic mass is 35.5. The van der Waals surface area contributed by atoms with Crippen LogP contribution in [0.1, 0.15) is 49.3 Å². The van der Waals surface area contributed by atoms with Crippen LogP contribution in [0.2, 0.25) is 5.02 Å². The molecule has 4 aromatic rings. The first-order chi connectivity index (χ1) is 18.3. The molecular formula is C26H26ClF3N8O. The number of aromatic nitrogens is 5. The van der Waals surface area contributed by atoms with E-state index in [1.54, 1.807) is 19.1 Å². The van der Waals surface area contributed by atoms with Gasteiger partial charge < -0.3 is 15.7 Å². The number of hydrogen-bond acceptors (Lipinski definition) is 8. The summed E-state index contributed by atoms with van der Waals surface area (Å²) < 4.78 is 42.2. The largest absolute Gasteiger partial charge is 0.388 e. The molecule has 0 bridgehead atoms. The maximum atomic E-state index is 14.1. The van der Waals surface area contributed by atoms with Gasteiger partial charge in [0.25, 0.3) is 0 Å². The highest BCUT2D eigenvalue weighted by Gasteiger charge is 2.33. The summed E-state index contributed by atoms with van der Waals surface area (Å²) in [6.07, 6.45) is 2.44. The Kier molecular flexibility index (Phi) is 7.68. The lowest BCUT2D eigenvalue weighted by Gasteiger charge is -2.23. The maximum Gasteiger partial charge on any atom is 0.367 e. The second-order valence-electron chi connectivity index (χ2n) is 10.2. The van der Waals surface area contributed by atoms with Crippen molar-refractivity contribution in [1.82, 2.24) is 25.0 Å². The molecule has 204 valence electrons. The summed E-state index contributed by atoms with van der Waals surface area (Å²) in [6, 6.07) is 3.50. The Morgan fingerprint density at radius 3 is 2.62 bits per heavy atom. The molecule has 9 nitrogen and oxygen atoms in total. The van der Waals surface area contributed by atoms with Crippen LogP contribution in [0.3, 0.4) is 0 Å². The fourth-order valence-electron chi connectivity index (χ4n) is 3.94. The summed E-state index contributed by atoms with van der Waals surface area (Å²) in [5.74, 6) is -0.705. The highest BCUT2D eigenvalue weighted by Crippen LogP contribution is 2.36. The van der Waals surface area contributed by atoms with Gasteiger partial charge in [0.15, 0.2) is 0 Å². The first-order valence-corrected chi connectivity index (χ1v) is 12.3. The number of nitrogens with zero attached hydrogens (tertiary/aromatic N) is 6. The predicted octanol–water partition coefficient (Wildman–Crippen LogP) is 5.40. The van der Waals surface area contributed by atoms with E-state index in [0.29, 0.717) is 45.6 Å². The molecule has 0 spiro atoms. The van der Waals surface area contributed by atoms with Gasteiger partial charge in [-0.1, -0.05) is 43.7 Å². The molecule has 0 fully saturated rings. The quantitative estimate of drug-likeness (QED) is 0.246. The topological polar surface area (TPSA) is 125 Å². The zero-order chi connectivity index (χ0) is 28.5. The van der Waals surface area contributed by atoms with Crippen molar-refractivity contribution in [1.29, 1.82) is 5.26 Å². The second-order valence-corrected chi connectivity index (χ2v) is 10.6. The van der Waals surface area contributed by atoms with Crippen LogP contribution in [-0.2, 0) is 6.05 Å². The zero-order valence-corrected chi connectivity index (χ0v) is 22.4. The SMILES string of the molecule is Cc1nc(F)ccc1C(Nc1cc(Cl)c2ncc(C#N)c(NCC(C)(C)C)c2c1)c1cn(C(F)(F)CO)nn1. The molecule has 0 aliphatic heterocycles. The fourth-order valence-corrected chi connectivity index (χ4v) is 4.21. The minimum Gasteiger partial charge on any atom is -0.388 e. The molecule has 3 aromatic heterocycles. The monoisotopic (exact) mass is 558 g/mol. The summed E-state index contributed by atoms with van der Waals surface area (Å²) in [5.41, 5.74) is 2.49. The van der Waals surface area contributed by atoms with Crippen LogP contribution >= 0.6 is 11.6 Å². The molecular weight excluding hydrogens is 533 g/mol. The summed E-state index contributed by atoms with van der Waals surface area (Å²) in [6.45, 7) is 6.81. The summed E-state index contributed by atoms with van der Waals surface area (Å²) >= 11 is 6.60. The van der Waals surface area contributed by atoms with Gasteiger partial charge >= 0.3 is 6.05 Å². The van der Waals surface area contributed by atoms with Crippen LogP contribution < -0.4 is 10.6 Å². The molecule has 0 aliphatic rings.